The number of unbranched alkanes of at least 4 members (excludes halogenated alkanes) is 2. The summed E-state index contributed by atoms with van der Waals surface area (Å²) in [6.07, 6.45) is 15.1. The number of ketones is 1. The molecule has 3 heterocycles. The summed E-state index contributed by atoms with van der Waals surface area (Å²) in [6.45, 7) is 3.45. The van der Waals surface area contributed by atoms with E-state index in [9.17, 15) is 9.59 Å². The number of benzene rings is 2. The van der Waals surface area contributed by atoms with Gasteiger partial charge in [-0.05, 0) is 62.6 Å². The van der Waals surface area contributed by atoms with Gasteiger partial charge < -0.3 is 25.3 Å². The molecule has 1 saturated heterocycles. The number of rotatable bonds is 16. The summed E-state index contributed by atoms with van der Waals surface area (Å²) in [5.74, 6) is 5.24. The molecule has 0 bridgehead atoms. The summed E-state index contributed by atoms with van der Waals surface area (Å²) in [5.41, 5.74) is 4.39. The molecule has 2 aromatic heterocycles. The highest BCUT2D eigenvalue weighted by atomic mass is 16.5. The van der Waals surface area contributed by atoms with Gasteiger partial charge in [0.25, 0.3) is 0 Å². The summed E-state index contributed by atoms with van der Waals surface area (Å²) in [7, 11) is 3.68. The lowest BCUT2D eigenvalue weighted by atomic mass is 9.98. The number of imidazole rings is 1. The SMILES string of the molecule is C#Cc1cccc(Nc2ncnc3cc(OC)c(CCc4cnc([C@H](CCCCCC(=O)CC)NC(=O)C5CN(C)C5)[nH]4)cc23)c1. The van der Waals surface area contributed by atoms with Crippen molar-refractivity contribution in [3.8, 4) is 18.1 Å². The first-order chi connectivity index (χ1) is 22.4. The Bertz CT molecular complexity index is 1700. The van der Waals surface area contributed by atoms with E-state index in [2.05, 4.69) is 42.5 Å². The van der Waals surface area contributed by atoms with Crippen molar-refractivity contribution in [2.45, 2.75) is 64.3 Å². The number of amides is 1. The number of nitrogens with one attached hydrogen (secondary N) is 3. The van der Waals surface area contributed by atoms with Crippen molar-refractivity contribution >= 4 is 34.1 Å². The van der Waals surface area contributed by atoms with Crippen LogP contribution in [0, 0.1) is 18.3 Å². The fourth-order valence-corrected chi connectivity index (χ4v) is 5.84. The lowest BCUT2D eigenvalue weighted by molar-refractivity contribution is -0.130. The van der Waals surface area contributed by atoms with Gasteiger partial charge in [0.15, 0.2) is 0 Å². The lowest BCUT2D eigenvalue weighted by Gasteiger charge is -2.35. The van der Waals surface area contributed by atoms with Crippen molar-refractivity contribution in [3.05, 3.63) is 71.6 Å². The molecule has 46 heavy (non-hydrogen) atoms. The number of likely N-dealkylation sites (tertiary alicyclic amines) is 1. The third-order valence-corrected chi connectivity index (χ3v) is 8.57. The molecular formula is C36H43N7O3. The quantitative estimate of drug-likeness (QED) is 0.110. The van der Waals surface area contributed by atoms with Gasteiger partial charge in [0.1, 0.15) is 29.5 Å². The van der Waals surface area contributed by atoms with Crippen LogP contribution >= 0.6 is 0 Å². The topological polar surface area (TPSA) is 125 Å². The number of aromatic nitrogens is 4. The number of aryl methyl sites for hydroxylation is 2. The molecular weight excluding hydrogens is 578 g/mol. The Balaban J connectivity index is 1.29. The van der Waals surface area contributed by atoms with Crippen LogP contribution in [0.25, 0.3) is 10.9 Å². The van der Waals surface area contributed by atoms with Crippen molar-refractivity contribution in [3.63, 3.8) is 0 Å². The first kappa shape index (κ1) is 32.6. The molecule has 1 atom stereocenters. The van der Waals surface area contributed by atoms with Gasteiger partial charge in [-0.2, -0.15) is 0 Å². The highest BCUT2D eigenvalue weighted by Gasteiger charge is 2.31. The van der Waals surface area contributed by atoms with Crippen LogP contribution in [-0.2, 0) is 22.4 Å². The number of carbonyl (C=O) groups is 2. The summed E-state index contributed by atoms with van der Waals surface area (Å²) in [6, 6.07) is 11.4. The molecule has 1 aliphatic rings. The minimum Gasteiger partial charge on any atom is -0.496 e. The molecule has 0 saturated carbocycles. The van der Waals surface area contributed by atoms with Crippen LogP contribution in [0.1, 0.15) is 74.1 Å². The number of methoxy groups -OCH3 is 1. The zero-order valence-corrected chi connectivity index (χ0v) is 26.9. The minimum atomic E-state index is -0.206. The van der Waals surface area contributed by atoms with E-state index in [4.69, 9.17) is 16.1 Å². The number of fused-ring (bicyclic) bond motifs is 1. The molecule has 1 aliphatic heterocycles. The van der Waals surface area contributed by atoms with Crippen molar-refractivity contribution in [1.29, 1.82) is 0 Å². The fourth-order valence-electron chi connectivity index (χ4n) is 5.84. The largest absolute Gasteiger partial charge is 0.496 e. The number of anilines is 2. The molecule has 0 spiro atoms. The van der Waals surface area contributed by atoms with Crippen molar-refractivity contribution in [2.75, 3.05) is 32.6 Å². The van der Waals surface area contributed by atoms with Crippen molar-refractivity contribution in [2.24, 2.45) is 5.92 Å². The lowest BCUT2D eigenvalue weighted by Crippen LogP contribution is -2.52. The van der Waals surface area contributed by atoms with E-state index >= 15 is 0 Å². The Labute approximate surface area is 270 Å². The number of hydrogen-bond donors (Lipinski definition) is 3. The maximum atomic E-state index is 13.0. The maximum Gasteiger partial charge on any atom is 0.226 e. The molecule has 0 radical (unpaired) electrons. The Morgan fingerprint density at radius 3 is 2.74 bits per heavy atom. The minimum absolute atomic E-state index is 0.00843. The van der Waals surface area contributed by atoms with E-state index in [1.807, 2.05) is 50.5 Å². The second-order valence-electron chi connectivity index (χ2n) is 12.0. The molecule has 5 rings (SSSR count). The van der Waals surface area contributed by atoms with Gasteiger partial charge in [-0.1, -0.05) is 31.8 Å². The Kier molecular flexibility index (Phi) is 11.0. The van der Waals surface area contributed by atoms with E-state index < -0.39 is 0 Å². The number of ether oxygens (including phenoxy) is 1. The first-order valence-electron chi connectivity index (χ1n) is 16.1. The average molecular weight is 622 g/mol. The van der Waals surface area contributed by atoms with Gasteiger partial charge in [0.2, 0.25) is 5.91 Å². The van der Waals surface area contributed by atoms with Crippen LogP contribution in [-0.4, -0.2) is 63.8 Å². The van der Waals surface area contributed by atoms with Gasteiger partial charge in [-0.25, -0.2) is 15.0 Å². The second kappa shape index (κ2) is 15.5. The normalized spacial score (nSPS) is 14.0. The summed E-state index contributed by atoms with van der Waals surface area (Å²) in [5, 5.41) is 7.51. The zero-order valence-electron chi connectivity index (χ0n) is 26.9. The Hall–Kier alpha value is -4.75. The predicted molar refractivity (Wildman–Crippen MR) is 180 cm³/mol. The van der Waals surface area contributed by atoms with Crippen molar-refractivity contribution < 1.29 is 14.3 Å². The number of hydrogen-bond acceptors (Lipinski definition) is 8. The van der Waals surface area contributed by atoms with E-state index in [1.54, 1.807) is 7.11 Å². The van der Waals surface area contributed by atoms with Gasteiger partial charge in [0, 0.05) is 60.5 Å². The van der Waals surface area contributed by atoms with E-state index in [1.165, 1.54) is 6.33 Å². The smallest absolute Gasteiger partial charge is 0.226 e. The van der Waals surface area contributed by atoms with Crippen LogP contribution in [0.5, 0.6) is 5.75 Å². The predicted octanol–water partition coefficient (Wildman–Crippen LogP) is 5.52. The molecule has 2 aromatic carbocycles. The number of H-pyrrole nitrogens is 1. The number of nitrogens with zero attached hydrogens (tertiary/aromatic N) is 4. The van der Waals surface area contributed by atoms with Crippen LogP contribution in [0.4, 0.5) is 11.5 Å². The standard InChI is InChI=1S/C36H43N7O3/c1-5-24-11-10-12-27(17-24)40-34-30-18-25(33(46-4)19-32(30)38-23-39-34)15-16-28-20-37-35(41-28)31(14-9-7-8-13-29(44)6-2)42-36(45)26-21-43(3)22-26/h1,10-12,17-20,23,26,31H,6-9,13-16,21-22H2,2-4H3,(H,37,41)(H,42,45)(H,38,39,40)/t31-/m0/s1. The second-order valence-corrected chi connectivity index (χ2v) is 12.0. The number of terminal acetylenes is 1. The number of Topliss-reactive ketones (excluding diaryl/α,β-unsaturated/α-hetero) is 1. The van der Waals surface area contributed by atoms with Crippen LogP contribution in [0.3, 0.4) is 0 Å². The molecule has 3 N–H and O–H groups in total. The van der Waals surface area contributed by atoms with Gasteiger partial charge in [0.05, 0.1) is 24.6 Å². The summed E-state index contributed by atoms with van der Waals surface area (Å²) in [4.78, 5) is 44.0. The fraction of sp³-hybridized carbons (Fsp3) is 0.417. The number of carbonyl (C=O) groups excluding carboxylic acids is 2. The van der Waals surface area contributed by atoms with Gasteiger partial charge in [-0.15, -0.1) is 6.42 Å². The van der Waals surface area contributed by atoms with Crippen LogP contribution in [0.2, 0.25) is 0 Å². The van der Waals surface area contributed by atoms with Crippen LogP contribution in [0.15, 0.2) is 48.9 Å². The van der Waals surface area contributed by atoms with Crippen molar-refractivity contribution in [1.82, 2.24) is 30.2 Å². The Morgan fingerprint density at radius 2 is 1.98 bits per heavy atom. The highest BCUT2D eigenvalue weighted by molar-refractivity contribution is 5.92. The Morgan fingerprint density at radius 1 is 1.13 bits per heavy atom. The molecule has 240 valence electrons. The monoisotopic (exact) mass is 621 g/mol. The number of aromatic amines is 1. The van der Waals surface area contributed by atoms with E-state index in [0.717, 1.165) is 83.8 Å². The maximum absolute atomic E-state index is 13.0. The average Bonchev–Trinajstić information content (AvgIpc) is 3.53. The molecule has 4 aromatic rings. The van der Waals surface area contributed by atoms with Crippen LogP contribution < -0.4 is 15.4 Å². The zero-order chi connectivity index (χ0) is 32.5. The third-order valence-electron chi connectivity index (χ3n) is 8.57. The molecule has 1 fully saturated rings. The van der Waals surface area contributed by atoms with Gasteiger partial charge in [-0.3, -0.25) is 9.59 Å². The van der Waals surface area contributed by atoms with E-state index in [0.29, 0.717) is 37.3 Å². The summed E-state index contributed by atoms with van der Waals surface area (Å²) < 4.78 is 5.75. The molecule has 0 unspecified atom stereocenters. The van der Waals surface area contributed by atoms with Gasteiger partial charge >= 0.3 is 0 Å². The third kappa shape index (κ3) is 8.29. The molecule has 1 amide bonds. The first-order valence-corrected chi connectivity index (χ1v) is 16.1. The summed E-state index contributed by atoms with van der Waals surface area (Å²) >= 11 is 0. The molecule has 10 heteroatoms. The van der Waals surface area contributed by atoms with E-state index in [-0.39, 0.29) is 17.9 Å². The highest BCUT2D eigenvalue weighted by Crippen LogP contribution is 2.31. The molecule has 10 nitrogen and oxygen atoms in total. The molecule has 0 aliphatic carbocycles.